The highest BCUT2D eigenvalue weighted by Crippen LogP contribution is 2.24. The number of ether oxygens (including phenoxy) is 1. The molecule has 2 aromatic rings. The van der Waals surface area contributed by atoms with E-state index < -0.39 is 0 Å². The van der Waals surface area contributed by atoms with E-state index in [1.54, 1.807) is 7.11 Å². The summed E-state index contributed by atoms with van der Waals surface area (Å²) in [6.45, 7) is 10.5. The molecule has 0 amide bonds. The fourth-order valence-electron chi connectivity index (χ4n) is 3.64. The molecule has 0 radical (unpaired) electrons. The van der Waals surface area contributed by atoms with Gasteiger partial charge < -0.3 is 15.0 Å². The summed E-state index contributed by atoms with van der Waals surface area (Å²) in [5.74, 6) is 0.769. The van der Waals surface area contributed by atoms with Gasteiger partial charge in [-0.3, -0.25) is 5.10 Å². The van der Waals surface area contributed by atoms with E-state index in [4.69, 9.17) is 4.74 Å². The zero-order valence-corrected chi connectivity index (χ0v) is 16.3. The lowest BCUT2D eigenvalue weighted by molar-refractivity contribution is 0.120. The van der Waals surface area contributed by atoms with Crippen molar-refractivity contribution < 1.29 is 4.74 Å². The Morgan fingerprint density at radius 3 is 2.77 bits per heavy atom. The van der Waals surface area contributed by atoms with Gasteiger partial charge in [-0.05, 0) is 69.4 Å². The van der Waals surface area contributed by atoms with Crippen molar-refractivity contribution in [2.24, 2.45) is 5.92 Å². The summed E-state index contributed by atoms with van der Waals surface area (Å²) in [7, 11) is 1.78. The first-order chi connectivity index (χ1) is 12.7. The fraction of sp³-hybridized carbons (Fsp3) is 0.571. The monoisotopic (exact) mass is 356 g/mol. The molecule has 0 aliphatic carbocycles. The van der Waals surface area contributed by atoms with Crippen LogP contribution in [-0.4, -0.2) is 55.0 Å². The van der Waals surface area contributed by atoms with Gasteiger partial charge in [0.1, 0.15) is 0 Å². The molecule has 5 heteroatoms. The Bertz CT molecular complexity index is 689. The van der Waals surface area contributed by atoms with E-state index in [1.807, 2.05) is 6.20 Å². The zero-order chi connectivity index (χ0) is 18.4. The van der Waals surface area contributed by atoms with Crippen molar-refractivity contribution in [3.63, 3.8) is 0 Å². The SMILES string of the molecule is COCCN1CCC(CNCc2cn[nH]c2-c2ccc(C)c(C)c2)CC1. The molecule has 1 aliphatic rings. The number of benzene rings is 1. The number of methoxy groups -OCH3 is 1. The summed E-state index contributed by atoms with van der Waals surface area (Å²) in [4.78, 5) is 2.51. The number of H-pyrrole nitrogens is 1. The number of piperidine rings is 1. The van der Waals surface area contributed by atoms with Crippen molar-refractivity contribution in [2.45, 2.75) is 33.2 Å². The average Bonchev–Trinajstić information content (AvgIpc) is 3.12. The summed E-state index contributed by atoms with van der Waals surface area (Å²) < 4.78 is 5.18. The maximum atomic E-state index is 5.18. The van der Waals surface area contributed by atoms with Gasteiger partial charge >= 0.3 is 0 Å². The van der Waals surface area contributed by atoms with Crippen molar-refractivity contribution in [1.29, 1.82) is 0 Å². The number of nitrogens with one attached hydrogen (secondary N) is 2. The van der Waals surface area contributed by atoms with Crippen molar-refractivity contribution in [3.8, 4) is 11.3 Å². The summed E-state index contributed by atoms with van der Waals surface area (Å²) in [5, 5.41) is 11.1. The smallest absolute Gasteiger partial charge is 0.0695 e. The molecule has 1 aliphatic heterocycles. The third kappa shape index (κ3) is 4.93. The van der Waals surface area contributed by atoms with Crippen LogP contribution in [0.5, 0.6) is 0 Å². The number of aryl methyl sites for hydroxylation is 2. The fourth-order valence-corrected chi connectivity index (χ4v) is 3.64. The summed E-state index contributed by atoms with van der Waals surface area (Å²) in [5.41, 5.74) is 6.23. The minimum atomic E-state index is 0.769. The molecule has 0 spiro atoms. The molecule has 1 aromatic carbocycles. The molecule has 1 saturated heterocycles. The normalized spacial score (nSPS) is 16.3. The van der Waals surface area contributed by atoms with E-state index in [0.717, 1.165) is 37.9 Å². The van der Waals surface area contributed by atoms with Crippen LogP contribution < -0.4 is 5.32 Å². The zero-order valence-electron chi connectivity index (χ0n) is 16.3. The van der Waals surface area contributed by atoms with Crippen molar-refractivity contribution in [3.05, 3.63) is 41.1 Å². The van der Waals surface area contributed by atoms with Crippen LogP contribution >= 0.6 is 0 Å². The molecule has 5 nitrogen and oxygen atoms in total. The van der Waals surface area contributed by atoms with Crippen LogP contribution in [0.25, 0.3) is 11.3 Å². The van der Waals surface area contributed by atoms with Gasteiger partial charge in [0.25, 0.3) is 0 Å². The van der Waals surface area contributed by atoms with E-state index in [1.165, 1.54) is 48.2 Å². The standard InChI is InChI=1S/C21H32N4O/c1-16-4-5-19(12-17(16)2)21-20(15-23-24-21)14-22-13-18-6-8-25(9-7-18)10-11-26-3/h4-5,12,15,18,22H,6-11,13-14H2,1-3H3,(H,23,24). The van der Waals surface area contributed by atoms with E-state index in [0.29, 0.717) is 0 Å². The van der Waals surface area contributed by atoms with Gasteiger partial charge in [-0.25, -0.2) is 0 Å². The largest absolute Gasteiger partial charge is 0.383 e. The molecular weight excluding hydrogens is 324 g/mol. The minimum absolute atomic E-state index is 0.769. The van der Waals surface area contributed by atoms with E-state index >= 15 is 0 Å². The van der Waals surface area contributed by atoms with E-state index in [2.05, 4.69) is 52.5 Å². The summed E-state index contributed by atoms with van der Waals surface area (Å²) >= 11 is 0. The van der Waals surface area contributed by atoms with Crippen molar-refractivity contribution in [2.75, 3.05) is 39.9 Å². The Balaban J connectivity index is 1.48. The van der Waals surface area contributed by atoms with Gasteiger partial charge in [-0.2, -0.15) is 5.10 Å². The Hall–Kier alpha value is -1.69. The lowest BCUT2D eigenvalue weighted by Gasteiger charge is -2.31. The molecule has 0 saturated carbocycles. The number of likely N-dealkylation sites (tertiary alicyclic amines) is 1. The molecule has 0 atom stereocenters. The first kappa shape index (κ1) is 19.1. The van der Waals surface area contributed by atoms with Crippen LogP contribution in [0.15, 0.2) is 24.4 Å². The molecule has 0 unspecified atom stereocenters. The van der Waals surface area contributed by atoms with Gasteiger partial charge in [-0.1, -0.05) is 12.1 Å². The first-order valence-corrected chi connectivity index (χ1v) is 9.69. The third-order valence-electron chi connectivity index (χ3n) is 5.58. The number of nitrogens with zero attached hydrogens (tertiary/aromatic N) is 2. The Morgan fingerprint density at radius 2 is 2.04 bits per heavy atom. The molecule has 1 aromatic heterocycles. The van der Waals surface area contributed by atoms with Gasteiger partial charge in [0.15, 0.2) is 0 Å². The van der Waals surface area contributed by atoms with Crippen molar-refractivity contribution in [1.82, 2.24) is 20.4 Å². The van der Waals surface area contributed by atoms with Crippen LogP contribution in [-0.2, 0) is 11.3 Å². The lowest BCUT2D eigenvalue weighted by Crippen LogP contribution is -2.38. The van der Waals surface area contributed by atoms with Gasteiger partial charge in [-0.15, -0.1) is 0 Å². The van der Waals surface area contributed by atoms with E-state index in [-0.39, 0.29) is 0 Å². The minimum Gasteiger partial charge on any atom is -0.383 e. The molecule has 142 valence electrons. The Labute approximate surface area is 157 Å². The third-order valence-corrected chi connectivity index (χ3v) is 5.58. The molecule has 3 rings (SSSR count). The number of hydrogen-bond acceptors (Lipinski definition) is 4. The molecule has 1 fully saturated rings. The second kappa shape index (κ2) is 9.31. The summed E-state index contributed by atoms with van der Waals surface area (Å²) in [6.07, 6.45) is 4.49. The number of aromatic nitrogens is 2. The van der Waals surface area contributed by atoms with Crippen LogP contribution in [0.2, 0.25) is 0 Å². The quantitative estimate of drug-likeness (QED) is 0.763. The molecular formula is C21H32N4O. The van der Waals surface area contributed by atoms with Gasteiger partial charge in [0, 0.05) is 31.3 Å². The maximum absolute atomic E-state index is 5.18. The molecule has 2 N–H and O–H groups in total. The second-order valence-corrected chi connectivity index (χ2v) is 7.48. The number of rotatable bonds is 8. The molecule has 26 heavy (non-hydrogen) atoms. The topological polar surface area (TPSA) is 53.2 Å². The predicted octanol–water partition coefficient (Wildman–Crippen LogP) is 3.14. The lowest BCUT2D eigenvalue weighted by atomic mass is 9.96. The first-order valence-electron chi connectivity index (χ1n) is 9.69. The highest BCUT2D eigenvalue weighted by Gasteiger charge is 2.18. The van der Waals surface area contributed by atoms with Crippen LogP contribution in [0, 0.1) is 19.8 Å². The van der Waals surface area contributed by atoms with Crippen molar-refractivity contribution >= 4 is 0 Å². The summed E-state index contributed by atoms with van der Waals surface area (Å²) in [6, 6.07) is 6.59. The highest BCUT2D eigenvalue weighted by atomic mass is 16.5. The van der Waals surface area contributed by atoms with Crippen LogP contribution in [0.4, 0.5) is 0 Å². The molecule has 2 heterocycles. The van der Waals surface area contributed by atoms with Crippen LogP contribution in [0.3, 0.4) is 0 Å². The number of hydrogen-bond donors (Lipinski definition) is 2. The predicted molar refractivity (Wildman–Crippen MR) is 106 cm³/mol. The Morgan fingerprint density at radius 1 is 1.23 bits per heavy atom. The van der Waals surface area contributed by atoms with E-state index in [9.17, 15) is 0 Å². The number of aromatic amines is 1. The molecule has 0 bridgehead atoms. The average molecular weight is 357 g/mol. The van der Waals surface area contributed by atoms with Crippen LogP contribution in [0.1, 0.15) is 29.5 Å². The Kier molecular flexibility index (Phi) is 6.83. The van der Waals surface area contributed by atoms with Gasteiger partial charge in [0.05, 0.1) is 18.5 Å². The highest BCUT2D eigenvalue weighted by molar-refractivity contribution is 5.64. The second-order valence-electron chi connectivity index (χ2n) is 7.48. The van der Waals surface area contributed by atoms with Gasteiger partial charge in [0.2, 0.25) is 0 Å². The maximum Gasteiger partial charge on any atom is 0.0695 e.